The Hall–Kier alpha value is -0.990. The van der Waals surface area contributed by atoms with E-state index >= 15 is 0 Å². The minimum atomic E-state index is -1.34. The van der Waals surface area contributed by atoms with Crippen molar-refractivity contribution in [2.24, 2.45) is 11.8 Å². The summed E-state index contributed by atoms with van der Waals surface area (Å²) in [7, 11) is 0. The van der Waals surface area contributed by atoms with Crippen LogP contribution in [-0.2, 0) is 6.42 Å². The molecule has 0 unspecified atom stereocenters. The third-order valence-corrected chi connectivity index (χ3v) is 5.12. The Morgan fingerprint density at radius 2 is 1.50 bits per heavy atom. The summed E-state index contributed by atoms with van der Waals surface area (Å²) in [5, 5.41) is 0. The van der Waals surface area contributed by atoms with Gasteiger partial charge >= 0.3 is 0 Å². The highest BCUT2D eigenvalue weighted by Gasteiger charge is 2.21. The lowest BCUT2D eigenvalue weighted by atomic mass is 9.78. The molecule has 1 aromatic carbocycles. The number of unbranched alkanes of at least 4 members (excludes halogenated alkanes) is 2. The molecule has 0 N–H and O–H groups in total. The van der Waals surface area contributed by atoms with Crippen LogP contribution in [0, 0.1) is 29.3 Å². The summed E-state index contributed by atoms with van der Waals surface area (Å²) in [6.45, 7) is 2.23. The molecule has 0 amide bonds. The van der Waals surface area contributed by atoms with Gasteiger partial charge in [-0.2, -0.15) is 0 Å². The summed E-state index contributed by atoms with van der Waals surface area (Å²) in [5.74, 6) is -1.98. The zero-order valence-corrected chi connectivity index (χ0v) is 13.5. The zero-order valence-electron chi connectivity index (χ0n) is 13.5. The van der Waals surface area contributed by atoms with E-state index in [1.807, 2.05) is 0 Å². The molecule has 0 spiro atoms. The van der Waals surface area contributed by atoms with Gasteiger partial charge in [0.2, 0.25) is 0 Å². The van der Waals surface area contributed by atoms with Gasteiger partial charge in [0.25, 0.3) is 0 Å². The fraction of sp³-hybridized carbons (Fsp3) is 0.684. The van der Waals surface area contributed by atoms with E-state index in [9.17, 15) is 13.2 Å². The lowest BCUT2D eigenvalue weighted by Gasteiger charge is -2.28. The van der Waals surface area contributed by atoms with Crippen molar-refractivity contribution in [3.05, 3.63) is 35.1 Å². The Morgan fingerprint density at radius 3 is 2.14 bits per heavy atom. The van der Waals surface area contributed by atoms with E-state index in [2.05, 4.69) is 6.92 Å². The molecule has 0 bridgehead atoms. The van der Waals surface area contributed by atoms with Gasteiger partial charge in [-0.1, -0.05) is 64.4 Å². The molecule has 0 radical (unpaired) electrons. The van der Waals surface area contributed by atoms with Crippen LogP contribution in [0.3, 0.4) is 0 Å². The first kappa shape index (κ1) is 17.4. The van der Waals surface area contributed by atoms with E-state index < -0.39 is 17.5 Å². The first-order chi connectivity index (χ1) is 10.6. The molecule has 1 fully saturated rings. The van der Waals surface area contributed by atoms with E-state index in [4.69, 9.17) is 0 Å². The Balaban J connectivity index is 1.74. The lowest BCUT2D eigenvalue weighted by molar-refractivity contribution is 0.248. The summed E-state index contributed by atoms with van der Waals surface area (Å²) >= 11 is 0. The second-order valence-electron chi connectivity index (χ2n) is 6.76. The van der Waals surface area contributed by atoms with Gasteiger partial charge in [-0.15, -0.1) is 0 Å². The number of benzene rings is 1. The number of rotatable bonds is 7. The van der Waals surface area contributed by atoms with E-state index in [-0.39, 0.29) is 0 Å². The van der Waals surface area contributed by atoms with Gasteiger partial charge in [0, 0.05) is 0 Å². The van der Waals surface area contributed by atoms with Crippen molar-refractivity contribution in [3.8, 4) is 0 Å². The predicted octanol–water partition coefficient (Wildman–Crippen LogP) is 6.42. The third kappa shape index (κ3) is 4.76. The highest BCUT2D eigenvalue weighted by atomic mass is 19.2. The topological polar surface area (TPSA) is 0 Å². The van der Waals surface area contributed by atoms with Crippen molar-refractivity contribution in [1.29, 1.82) is 0 Å². The normalized spacial score (nSPS) is 22.0. The van der Waals surface area contributed by atoms with Crippen molar-refractivity contribution in [1.82, 2.24) is 0 Å². The molecule has 22 heavy (non-hydrogen) atoms. The molecule has 0 saturated heterocycles. The summed E-state index contributed by atoms with van der Waals surface area (Å²) in [4.78, 5) is 0. The van der Waals surface area contributed by atoms with Crippen LogP contribution in [0.15, 0.2) is 12.1 Å². The fourth-order valence-corrected chi connectivity index (χ4v) is 3.61. The maximum Gasteiger partial charge on any atom is 0.194 e. The molecule has 0 aromatic heterocycles. The molecule has 0 atom stereocenters. The van der Waals surface area contributed by atoms with Crippen LogP contribution in [-0.4, -0.2) is 0 Å². The van der Waals surface area contributed by atoms with Crippen LogP contribution >= 0.6 is 0 Å². The number of halogens is 3. The third-order valence-electron chi connectivity index (χ3n) is 5.12. The molecule has 3 heteroatoms. The molecule has 2 rings (SSSR count). The first-order valence-corrected chi connectivity index (χ1v) is 8.74. The van der Waals surface area contributed by atoms with Crippen molar-refractivity contribution < 1.29 is 13.2 Å². The summed E-state index contributed by atoms with van der Waals surface area (Å²) in [6, 6.07) is 2.41. The predicted molar refractivity (Wildman–Crippen MR) is 84.2 cm³/mol. The van der Waals surface area contributed by atoms with Crippen molar-refractivity contribution in [2.75, 3.05) is 0 Å². The molecule has 1 aliphatic carbocycles. The average Bonchev–Trinajstić information content (AvgIpc) is 2.53. The second-order valence-corrected chi connectivity index (χ2v) is 6.76. The Bertz CT molecular complexity index is 462. The maximum absolute atomic E-state index is 13.6. The van der Waals surface area contributed by atoms with E-state index in [1.54, 1.807) is 0 Å². The van der Waals surface area contributed by atoms with Gasteiger partial charge in [-0.05, 0) is 36.3 Å². The van der Waals surface area contributed by atoms with Crippen molar-refractivity contribution in [2.45, 2.75) is 71.1 Å². The smallest absolute Gasteiger partial charge is 0.194 e. The zero-order chi connectivity index (χ0) is 15.9. The largest absolute Gasteiger partial charge is 0.204 e. The quantitative estimate of drug-likeness (QED) is 0.402. The molecule has 1 aliphatic rings. The van der Waals surface area contributed by atoms with E-state index in [0.29, 0.717) is 17.9 Å². The molecule has 0 heterocycles. The molecule has 1 aromatic rings. The fourth-order valence-electron chi connectivity index (χ4n) is 3.61. The Labute approximate surface area is 132 Å². The van der Waals surface area contributed by atoms with Crippen LogP contribution in [0.2, 0.25) is 0 Å². The molecular weight excluding hydrogens is 285 g/mol. The van der Waals surface area contributed by atoms with Crippen LogP contribution in [0.25, 0.3) is 0 Å². The standard InChI is InChI=1S/C19H27F3/c1-2-3-4-5-14-6-8-15(9-7-14)10-11-16-12-13-17(20)19(22)18(16)21/h12-15H,2-11H2,1H3. The van der Waals surface area contributed by atoms with Crippen LogP contribution in [0.1, 0.15) is 70.3 Å². The molecule has 1 saturated carbocycles. The van der Waals surface area contributed by atoms with Gasteiger partial charge in [-0.25, -0.2) is 13.2 Å². The maximum atomic E-state index is 13.6. The first-order valence-electron chi connectivity index (χ1n) is 8.74. The van der Waals surface area contributed by atoms with E-state index in [0.717, 1.165) is 18.4 Å². The van der Waals surface area contributed by atoms with Gasteiger partial charge in [0.05, 0.1) is 0 Å². The molecular formula is C19H27F3. The summed E-state index contributed by atoms with van der Waals surface area (Å²) in [6.07, 6.45) is 11.6. The van der Waals surface area contributed by atoms with E-state index in [1.165, 1.54) is 57.4 Å². The van der Waals surface area contributed by atoms with Crippen LogP contribution in [0.4, 0.5) is 13.2 Å². The number of aryl methyl sites for hydroxylation is 1. The van der Waals surface area contributed by atoms with Crippen molar-refractivity contribution in [3.63, 3.8) is 0 Å². The summed E-state index contributed by atoms with van der Waals surface area (Å²) in [5.41, 5.74) is 0.309. The van der Waals surface area contributed by atoms with Gasteiger partial charge in [0.1, 0.15) is 0 Å². The lowest BCUT2D eigenvalue weighted by Crippen LogP contribution is -2.15. The average molecular weight is 312 g/mol. The highest BCUT2D eigenvalue weighted by molar-refractivity contribution is 5.20. The highest BCUT2D eigenvalue weighted by Crippen LogP contribution is 2.34. The summed E-state index contributed by atoms with van der Waals surface area (Å²) < 4.78 is 39.8. The van der Waals surface area contributed by atoms with Gasteiger partial charge < -0.3 is 0 Å². The van der Waals surface area contributed by atoms with Crippen molar-refractivity contribution >= 4 is 0 Å². The number of hydrogen-bond acceptors (Lipinski definition) is 0. The minimum absolute atomic E-state index is 0.309. The molecule has 124 valence electrons. The second kappa shape index (κ2) is 8.59. The Morgan fingerprint density at radius 1 is 0.864 bits per heavy atom. The molecule has 0 nitrogen and oxygen atoms in total. The van der Waals surface area contributed by atoms with Gasteiger partial charge in [0.15, 0.2) is 17.5 Å². The van der Waals surface area contributed by atoms with Crippen LogP contribution < -0.4 is 0 Å². The number of hydrogen-bond donors (Lipinski definition) is 0. The molecule has 0 aliphatic heterocycles. The minimum Gasteiger partial charge on any atom is -0.204 e. The monoisotopic (exact) mass is 312 g/mol. The SMILES string of the molecule is CCCCCC1CCC(CCc2ccc(F)c(F)c2F)CC1. The van der Waals surface area contributed by atoms with Gasteiger partial charge in [-0.3, -0.25) is 0 Å². The van der Waals surface area contributed by atoms with Crippen LogP contribution in [0.5, 0.6) is 0 Å². The Kier molecular flexibility index (Phi) is 6.78.